The molecule has 0 fully saturated rings. The van der Waals surface area contributed by atoms with E-state index in [1.807, 2.05) is 6.07 Å². The second kappa shape index (κ2) is 7.34. The van der Waals surface area contributed by atoms with E-state index < -0.39 is 0 Å². The normalized spacial score (nSPS) is 10.7. The van der Waals surface area contributed by atoms with Crippen molar-refractivity contribution in [3.63, 3.8) is 0 Å². The van der Waals surface area contributed by atoms with Gasteiger partial charge in [-0.3, -0.25) is 14.9 Å². The Labute approximate surface area is 166 Å². The Bertz CT molecular complexity index is 1140. The van der Waals surface area contributed by atoms with Crippen molar-refractivity contribution in [1.29, 1.82) is 0 Å². The van der Waals surface area contributed by atoms with Crippen LogP contribution in [0.15, 0.2) is 69.8 Å². The molecule has 2 heterocycles. The molecule has 4 rings (SSSR count). The van der Waals surface area contributed by atoms with Crippen molar-refractivity contribution >= 4 is 60.1 Å². The van der Waals surface area contributed by atoms with Gasteiger partial charge in [0.05, 0.1) is 10.2 Å². The third-order valence-corrected chi connectivity index (χ3v) is 5.06. The van der Waals surface area contributed by atoms with E-state index in [9.17, 15) is 9.59 Å². The van der Waals surface area contributed by atoms with E-state index in [-0.39, 0.29) is 17.6 Å². The summed E-state index contributed by atoms with van der Waals surface area (Å²) in [5.41, 5.74) is 1.92. The van der Waals surface area contributed by atoms with Gasteiger partial charge in [-0.05, 0) is 58.4 Å². The van der Waals surface area contributed by atoms with Crippen LogP contribution in [-0.4, -0.2) is 16.8 Å². The van der Waals surface area contributed by atoms with Crippen LogP contribution in [0.25, 0.3) is 10.2 Å². The maximum absolute atomic E-state index is 12.2. The fourth-order valence-electron chi connectivity index (χ4n) is 2.44. The number of halogens is 1. The molecule has 0 bridgehead atoms. The number of hydrogen-bond donors (Lipinski definition) is 2. The number of carbonyl (C=O) groups excluding carboxylic acids is 2. The molecule has 0 spiro atoms. The summed E-state index contributed by atoms with van der Waals surface area (Å²) in [6, 6.07) is 17.5. The zero-order valence-electron chi connectivity index (χ0n) is 13.7. The molecule has 0 aliphatic carbocycles. The highest BCUT2D eigenvalue weighted by Crippen LogP contribution is 2.29. The summed E-state index contributed by atoms with van der Waals surface area (Å²) < 4.78 is 6.58. The average molecular weight is 442 g/mol. The molecule has 2 amide bonds. The van der Waals surface area contributed by atoms with Crippen molar-refractivity contribution in [1.82, 2.24) is 4.98 Å². The second-order valence-corrected chi connectivity index (χ2v) is 7.39. The molecule has 8 heteroatoms. The van der Waals surface area contributed by atoms with E-state index in [4.69, 9.17) is 4.42 Å². The summed E-state index contributed by atoms with van der Waals surface area (Å²) in [6.07, 6.45) is 0. The average Bonchev–Trinajstić information content (AvgIpc) is 3.27. The number of furan rings is 1. The number of carbonyl (C=O) groups is 2. The molecule has 4 aromatic rings. The quantitative estimate of drug-likeness (QED) is 0.458. The van der Waals surface area contributed by atoms with E-state index in [0.717, 1.165) is 10.2 Å². The Morgan fingerprint density at radius 1 is 0.963 bits per heavy atom. The number of fused-ring (bicyclic) bond motifs is 1. The predicted octanol–water partition coefficient (Wildman–Crippen LogP) is 5.16. The van der Waals surface area contributed by atoms with E-state index in [1.165, 1.54) is 11.3 Å². The Kier molecular flexibility index (Phi) is 4.74. The molecule has 0 radical (unpaired) electrons. The first-order valence-corrected chi connectivity index (χ1v) is 9.53. The zero-order chi connectivity index (χ0) is 18.8. The third-order valence-electron chi connectivity index (χ3n) is 3.70. The van der Waals surface area contributed by atoms with Gasteiger partial charge < -0.3 is 9.73 Å². The summed E-state index contributed by atoms with van der Waals surface area (Å²) in [4.78, 5) is 28.8. The number of nitrogens with one attached hydrogen (secondary N) is 2. The van der Waals surface area contributed by atoms with Crippen LogP contribution in [0.1, 0.15) is 20.9 Å². The van der Waals surface area contributed by atoms with Gasteiger partial charge >= 0.3 is 0 Å². The van der Waals surface area contributed by atoms with E-state index in [2.05, 4.69) is 31.5 Å². The van der Waals surface area contributed by atoms with E-state index >= 15 is 0 Å². The van der Waals surface area contributed by atoms with Crippen molar-refractivity contribution in [2.24, 2.45) is 0 Å². The molecule has 2 N–H and O–H groups in total. The van der Waals surface area contributed by atoms with Gasteiger partial charge in [0, 0.05) is 11.3 Å². The highest BCUT2D eigenvalue weighted by atomic mass is 79.9. The van der Waals surface area contributed by atoms with Crippen LogP contribution < -0.4 is 10.6 Å². The number of hydrogen-bond acceptors (Lipinski definition) is 5. The predicted molar refractivity (Wildman–Crippen MR) is 108 cm³/mol. The minimum atomic E-state index is -0.345. The van der Waals surface area contributed by atoms with Crippen molar-refractivity contribution < 1.29 is 14.0 Å². The molecule has 0 saturated heterocycles. The Balaban J connectivity index is 1.51. The summed E-state index contributed by atoms with van der Waals surface area (Å²) in [7, 11) is 0. The summed E-state index contributed by atoms with van der Waals surface area (Å²) >= 11 is 4.51. The van der Waals surface area contributed by atoms with Gasteiger partial charge in [0.25, 0.3) is 11.8 Å². The minimum Gasteiger partial charge on any atom is -0.444 e. The number of thiazole rings is 1. The smallest absolute Gasteiger partial charge is 0.291 e. The van der Waals surface area contributed by atoms with Crippen LogP contribution in [0.3, 0.4) is 0 Å². The molecule has 0 unspecified atom stereocenters. The molecular formula is C19H12BrN3O3S. The lowest BCUT2D eigenvalue weighted by Crippen LogP contribution is -2.11. The highest BCUT2D eigenvalue weighted by molar-refractivity contribution is 9.10. The first-order chi connectivity index (χ1) is 13.1. The molecular weight excluding hydrogens is 430 g/mol. The maximum Gasteiger partial charge on any atom is 0.291 e. The van der Waals surface area contributed by atoms with Crippen LogP contribution in [0.2, 0.25) is 0 Å². The third kappa shape index (κ3) is 3.91. The number of anilines is 2. The van der Waals surface area contributed by atoms with E-state index in [1.54, 1.807) is 54.6 Å². The topological polar surface area (TPSA) is 84.2 Å². The first-order valence-electron chi connectivity index (χ1n) is 7.92. The molecule has 27 heavy (non-hydrogen) atoms. The van der Waals surface area contributed by atoms with Gasteiger partial charge in [0.2, 0.25) is 0 Å². The van der Waals surface area contributed by atoms with Crippen LogP contribution in [-0.2, 0) is 0 Å². The summed E-state index contributed by atoms with van der Waals surface area (Å²) in [5.74, 6) is -0.351. The molecule has 6 nitrogen and oxygen atoms in total. The lowest BCUT2D eigenvalue weighted by atomic mass is 10.2. The fraction of sp³-hybridized carbons (Fsp3) is 0. The molecule has 0 saturated carbocycles. The lowest BCUT2D eigenvalue weighted by Gasteiger charge is -2.02. The van der Waals surface area contributed by atoms with Crippen LogP contribution >= 0.6 is 27.3 Å². The lowest BCUT2D eigenvalue weighted by molar-refractivity contribution is 0.0993. The SMILES string of the molecule is O=C(Nc1nc2ccc(NC(=O)c3ccc(Br)o3)cc2s1)c1ccccc1. The van der Waals surface area contributed by atoms with Crippen LogP contribution in [0.4, 0.5) is 10.8 Å². The van der Waals surface area contributed by atoms with Gasteiger partial charge in [-0.2, -0.15) is 0 Å². The Hall–Kier alpha value is -2.97. The first kappa shape index (κ1) is 17.4. The van der Waals surface area contributed by atoms with Crippen LogP contribution in [0.5, 0.6) is 0 Å². The van der Waals surface area contributed by atoms with Crippen molar-refractivity contribution in [2.45, 2.75) is 0 Å². The molecule has 2 aromatic carbocycles. The monoisotopic (exact) mass is 441 g/mol. The minimum absolute atomic E-state index is 0.210. The van der Waals surface area contributed by atoms with Crippen molar-refractivity contribution in [2.75, 3.05) is 10.6 Å². The van der Waals surface area contributed by atoms with Gasteiger partial charge in [0.1, 0.15) is 0 Å². The van der Waals surface area contributed by atoms with E-state index in [0.29, 0.717) is 21.1 Å². The Morgan fingerprint density at radius 3 is 2.52 bits per heavy atom. The Morgan fingerprint density at radius 2 is 1.78 bits per heavy atom. The van der Waals surface area contributed by atoms with Gasteiger partial charge in [-0.15, -0.1) is 0 Å². The number of rotatable bonds is 4. The fourth-order valence-corrected chi connectivity index (χ4v) is 3.65. The zero-order valence-corrected chi connectivity index (χ0v) is 16.1. The number of nitrogens with zero attached hydrogens (tertiary/aromatic N) is 1. The number of amides is 2. The highest BCUT2D eigenvalue weighted by Gasteiger charge is 2.13. The molecule has 134 valence electrons. The van der Waals surface area contributed by atoms with Crippen molar-refractivity contribution in [3.8, 4) is 0 Å². The van der Waals surface area contributed by atoms with Gasteiger partial charge in [-0.25, -0.2) is 4.98 Å². The standard InChI is InChI=1S/C19H12BrN3O3S/c20-16-9-8-14(26-16)18(25)21-12-6-7-13-15(10-12)27-19(22-13)23-17(24)11-4-2-1-3-5-11/h1-10H,(H,21,25)(H,22,23,24). The number of benzene rings is 2. The molecule has 0 aliphatic rings. The second-order valence-electron chi connectivity index (χ2n) is 5.58. The summed E-state index contributed by atoms with van der Waals surface area (Å²) in [6.45, 7) is 0. The maximum atomic E-state index is 12.2. The van der Waals surface area contributed by atoms with Gasteiger partial charge in [-0.1, -0.05) is 29.5 Å². The number of aromatic nitrogens is 1. The molecule has 2 aromatic heterocycles. The summed E-state index contributed by atoms with van der Waals surface area (Å²) in [5, 5.41) is 6.07. The van der Waals surface area contributed by atoms with Crippen LogP contribution in [0, 0.1) is 0 Å². The molecule has 0 atom stereocenters. The van der Waals surface area contributed by atoms with Gasteiger partial charge in [0.15, 0.2) is 15.6 Å². The van der Waals surface area contributed by atoms with Crippen molar-refractivity contribution in [3.05, 3.63) is 76.7 Å². The largest absolute Gasteiger partial charge is 0.444 e. The molecule has 0 aliphatic heterocycles.